The lowest BCUT2D eigenvalue weighted by atomic mass is 10.2. The summed E-state index contributed by atoms with van der Waals surface area (Å²) in [5, 5.41) is 6.14. The van der Waals surface area contributed by atoms with E-state index in [0.717, 1.165) is 34.5 Å². The van der Waals surface area contributed by atoms with Crippen LogP contribution in [0.2, 0.25) is 0 Å². The first-order valence-electron chi connectivity index (χ1n) is 9.71. The molecule has 158 valence electrons. The van der Waals surface area contributed by atoms with E-state index >= 15 is 0 Å². The summed E-state index contributed by atoms with van der Waals surface area (Å²) in [5.41, 5.74) is 0.563. The van der Waals surface area contributed by atoms with Crippen LogP contribution in [0.3, 0.4) is 0 Å². The summed E-state index contributed by atoms with van der Waals surface area (Å²) in [6.07, 6.45) is 4.37. The molecular formula is C20H22N4O3S3. The second kappa shape index (κ2) is 9.01. The molecule has 30 heavy (non-hydrogen) atoms. The Morgan fingerprint density at radius 1 is 1.13 bits per heavy atom. The third-order valence-electron chi connectivity index (χ3n) is 4.96. The summed E-state index contributed by atoms with van der Waals surface area (Å²) in [4.78, 5) is 22.3. The number of sulfonamides is 1. The Morgan fingerprint density at radius 2 is 1.87 bits per heavy atom. The zero-order chi connectivity index (χ0) is 21.1. The lowest BCUT2D eigenvalue weighted by Crippen LogP contribution is -2.35. The zero-order valence-electron chi connectivity index (χ0n) is 16.4. The topological polar surface area (TPSA) is 92.3 Å². The Bertz CT molecular complexity index is 1140. The van der Waals surface area contributed by atoms with Crippen molar-refractivity contribution in [3.8, 4) is 0 Å². The fraction of sp³-hybridized carbons (Fsp3) is 0.350. The molecule has 10 heteroatoms. The zero-order valence-corrected chi connectivity index (χ0v) is 18.9. The number of amides is 1. The minimum absolute atomic E-state index is 0.173. The van der Waals surface area contributed by atoms with Gasteiger partial charge in [0.2, 0.25) is 15.9 Å². The van der Waals surface area contributed by atoms with E-state index in [2.05, 4.69) is 15.3 Å². The van der Waals surface area contributed by atoms with Crippen LogP contribution < -0.4 is 5.32 Å². The number of nitrogens with one attached hydrogen (secondary N) is 1. The Labute approximate surface area is 184 Å². The molecule has 0 saturated carbocycles. The van der Waals surface area contributed by atoms with Crippen LogP contribution in [0.5, 0.6) is 0 Å². The summed E-state index contributed by atoms with van der Waals surface area (Å²) in [6.45, 7) is 2.95. The number of aromatic nitrogens is 2. The molecule has 2 aromatic heterocycles. The van der Waals surface area contributed by atoms with E-state index < -0.39 is 10.0 Å². The maximum atomic E-state index is 12.7. The predicted molar refractivity (Wildman–Crippen MR) is 120 cm³/mol. The van der Waals surface area contributed by atoms with Crippen molar-refractivity contribution < 1.29 is 13.2 Å². The second-order valence-corrected chi connectivity index (χ2v) is 11.2. The number of rotatable bonds is 6. The Hall–Kier alpha value is -2.01. The number of thiophene rings is 1. The molecule has 1 unspecified atom stereocenters. The number of carbonyl (C=O) groups excluding carboxylic acids is 1. The van der Waals surface area contributed by atoms with Crippen molar-refractivity contribution in [2.75, 3.05) is 18.4 Å². The number of benzene rings is 1. The summed E-state index contributed by atoms with van der Waals surface area (Å²) < 4.78 is 27.0. The van der Waals surface area contributed by atoms with Gasteiger partial charge in [-0.15, -0.1) is 11.3 Å². The molecular weight excluding hydrogens is 440 g/mol. The standard InChI is InChI=1S/C20H22N4O3S3/c1-14(29-20-17-9-12-28-19(17)21-13-22-20)18(25)23-15-5-7-16(8-6-15)30(26,27)24-10-3-2-4-11-24/h5-9,12-14H,2-4,10-11H2,1H3,(H,23,25). The predicted octanol–water partition coefficient (Wildman–Crippen LogP) is 3.99. The van der Waals surface area contributed by atoms with Crippen LogP contribution in [0.4, 0.5) is 5.69 Å². The number of piperidine rings is 1. The second-order valence-electron chi connectivity index (χ2n) is 7.06. The van der Waals surface area contributed by atoms with Crippen LogP contribution in [0.15, 0.2) is 52.0 Å². The number of nitrogens with zero attached hydrogens (tertiary/aromatic N) is 3. The van der Waals surface area contributed by atoms with Gasteiger partial charge in [0.05, 0.1) is 10.1 Å². The molecule has 0 aliphatic carbocycles. The van der Waals surface area contributed by atoms with Gasteiger partial charge in [-0.2, -0.15) is 4.31 Å². The number of hydrogen-bond donors (Lipinski definition) is 1. The number of carbonyl (C=O) groups is 1. The van der Waals surface area contributed by atoms with Gasteiger partial charge in [0.25, 0.3) is 0 Å². The molecule has 1 atom stereocenters. The molecule has 1 saturated heterocycles. The Kier molecular flexibility index (Phi) is 6.37. The largest absolute Gasteiger partial charge is 0.325 e. The van der Waals surface area contributed by atoms with Crippen molar-refractivity contribution >= 4 is 54.9 Å². The van der Waals surface area contributed by atoms with Gasteiger partial charge in [0.15, 0.2) is 0 Å². The van der Waals surface area contributed by atoms with Crippen molar-refractivity contribution in [3.63, 3.8) is 0 Å². The van der Waals surface area contributed by atoms with E-state index in [0.29, 0.717) is 18.8 Å². The van der Waals surface area contributed by atoms with Gasteiger partial charge in [0, 0.05) is 24.2 Å². The van der Waals surface area contributed by atoms with E-state index in [1.807, 2.05) is 18.4 Å². The van der Waals surface area contributed by atoms with Gasteiger partial charge >= 0.3 is 0 Å². The molecule has 0 bridgehead atoms. The molecule has 3 heterocycles. The highest BCUT2D eigenvalue weighted by Crippen LogP contribution is 2.31. The van der Waals surface area contributed by atoms with Gasteiger partial charge in [-0.1, -0.05) is 18.2 Å². The molecule has 1 aromatic carbocycles. The van der Waals surface area contributed by atoms with Crippen LogP contribution in [0.25, 0.3) is 10.2 Å². The van der Waals surface area contributed by atoms with E-state index in [1.54, 1.807) is 24.3 Å². The lowest BCUT2D eigenvalue weighted by molar-refractivity contribution is -0.115. The van der Waals surface area contributed by atoms with Crippen molar-refractivity contribution in [3.05, 3.63) is 42.0 Å². The van der Waals surface area contributed by atoms with Crippen LogP contribution in [0.1, 0.15) is 26.2 Å². The summed E-state index contributed by atoms with van der Waals surface area (Å²) in [5.74, 6) is -0.173. The molecule has 1 fully saturated rings. The highest BCUT2D eigenvalue weighted by molar-refractivity contribution is 8.00. The lowest BCUT2D eigenvalue weighted by Gasteiger charge is -2.25. The quantitative estimate of drug-likeness (QED) is 0.440. The third kappa shape index (κ3) is 4.51. The molecule has 0 radical (unpaired) electrons. The van der Waals surface area contributed by atoms with Crippen molar-refractivity contribution in [1.29, 1.82) is 0 Å². The fourth-order valence-electron chi connectivity index (χ4n) is 3.29. The fourth-order valence-corrected chi connectivity index (χ4v) is 6.51. The highest BCUT2D eigenvalue weighted by Gasteiger charge is 2.26. The maximum Gasteiger partial charge on any atom is 0.243 e. The summed E-state index contributed by atoms with van der Waals surface area (Å²) >= 11 is 2.91. The average molecular weight is 463 g/mol. The Balaban J connectivity index is 1.41. The first-order valence-corrected chi connectivity index (χ1v) is 12.9. The first-order chi connectivity index (χ1) is 14.4. The van der Waals surface area contributed by atoms with Crippen LogP contribution in [-0.2, 0) is 14.8 Å². The molecule has 1 aliphatic rings. The smallest absolute Gasteiger partial charge is 0.243 e. The Morgan fingerprint density at radius 3 is 2.60 bits per heavy atom. The van der Waals surface area contributed by atoms with Crippen molar-refractivity contribution in [2.24, 2.45) is 0 Å². The van der Waals surface area contributed by atoms with E-state index in [1.165, 1.54) is 33.7 Å². The van der Waals surface area contributed by atoms with Crippen molar-refractivity contribution in [1.82, 2.24) is 14.3 Å². The molecule has 4 rings (SSSR count). The minimum atomic E-state index is -3.48. The van der Waals surface area contributed by atoms with Gasteiger partial charge < -0.3 is 5.32 Å². The first kappa shape index (κ1) is 21.2. The third-order valence-corrected chi connectivity index (χ3v) is 8.81. The molecule has 0 spiro atoms. The SMILES string of the molecule is CC(Sc1ncnc2sccc12)C(=O)Nc1ccc(S(=O)(=O)N2CCCCC2)cc1. The molecule has 3 aromatic rings. The number of hydrogen-bond acceptors (Lipinski definition) is 7. The minimum Gasteiger partial charge on any atom is -0.325 e. The summed E-state index contributed by atoms with van der Waals surface area (Å²) in [7, 11) is -3.48. The monoisotopic (exact) mass is 462 g/mol. The maximum absolute atomic E-state index is 12.7. The van der Waals surface area contributed by atoms with Gasteiger partial charge in [-0.05, 0) is 55.5 Å². The molecule has 1 aliphatic heterocycles. The average Bonchev–Trinajstić information content (AvgIpc) is 3.25. The highest BCUT2D eigenvalue weighted by atomic mass is 32.2. The van der Waals surface area contributed by atoms with E-state index in [4.69, 9.17) is 0 Å². The van der Waals surface area contributed by atoms with Crippen LogP contribution in [0, 0.1) is 0 Å². The van der Waals surface area contributed by atoms with E-state index in [-0.39, 0.29) is 16.1 Å². The summed E-state index contributed by atoms with van der Waals surface area (Å²) in [6, 6.07) is 8.32. The number of fused-ring (bicyclic) bond motifs is 1. The van der Waals surface area contributed by atoms with Crippen molar-refractivity contribution in [2.45, 2.75) is 41.4 Å². The van der Waals surface area contributed by atoms with Gasteiger partial charge in [0.1, 0.15) is 16.2 Å². The molecule has 7 nitrogen and oxygen atoms in total. The molecule has 1 amide bonds. The molecule has 1 N–H and O–H groups in total. The van der Waals surface area contributed by atoms with Gasteiger partial charge in [-0.25, -0.2) is 18.4 Å². The number of thioether (sulfide) groups is 1. The normalized spacial score (nSPS) is 16.4. The van der Waals surface area contributed by atoms with E-state index in [9.17, 15) is 13.2 Å². The van der Waals surface area contributed by atoms with Gasteiger partial charge in [-0.3, -0.25) is 4.79 Å². The van der Waals surface area contributed by atoms with Crippen LogP contribution in [-0.4, -0.2) is 46.9 Å². The number of anilines is 1. The van der Waals surface area contributed by atoms with Crippen LogP contribution >= 0.6 is 23.1 Å².